The maximum absolute atomic E-state index is 12.7. The van der Waals surface area contributed by atoms with E-state index < -0.39 is 0 Å². The van der Waals surface area contributed by atoms with Crippen LogP contribution in [0.15, 0.2) is 59.5 Å². The number of thioether (sulfide) groups is 1. The minimum atomic E-state index is 0.118. The molecule has 0 spiro atoms. The van der Waals surface area contributed by atoms with Gasteiger partial charge in [-0.05, 0) is 49.1 Å². The van der Waals surface area contributed by atoms with Crippen LogP contribution in [-0.4, -0.2) is 29.9 Å². The van der Waals surface area contributed by atoms with Crippen LogP contribution in [0.2, 0.25) is 0 Å². The number of amides is 1. The van der Waals surface area contributed by atoms with E-state index in [1.54, 1.807) is 0 Å². The molecule has 1 aliphatic heterocycles. The molecule has 1 atom stereocenters. The van der Waals surface area contributed by atoms with Gasteiger partial charge < -0.3 is 10.6 Å². The number of hydrogen-bond donors (Lipinski definition) is 1. The van der Waals surface area contributed by atoms with Crippen molar-refractivity contribution in [2.75, 3.05) is 13.1 Å². The first-order valence-electron chi connectivity index (χ1n) is 8.56. The van der Waals surface area contributed by atoms with E-state index in [4.69, 9.17) is 5.73 Å². The lowest BCUT2D eigenvalue weighted by Crippen LogP contribution is -2.47. The number of rotatable bonds is 5. The Morgan fingerprint density at radius 3 is 2.54 bits per heavy atom. The normalized spacial score (nSPS) is 17.7. The molecule has 1 heterocycles. The van der Waals surface area contributed by atoms with Crippen LogP contribution in [0, 0.1) is 0 Å². The van der Waals surface area contributed by atoms with Gasteiger partial charge in [-0.2, -0.15) is 0 Å². The highest BCUT2D eigenvalue weighted by molar-refractivity contribution is 7.98. The molecule has 0 saturated carbocycles. The molecule has 1 fully saturated rings. The average Bonchev–Trinajstić information content (AvgIpc) is 2.67. The predicted molar refractivity (Wildman–Crippen MR) is 100 cm³/mol. The molecule has 2 N–H and O–H groups in total. The standard InChI is InChI=1S/C20H24N2OS/c21-14-18-6-4-5-13-22(18)20(23)17-11-9-16(10-12-17)15-24-19-7-2-1-3-8-19/h1-3,7-12,18H,4-6,13-15,21H2. The molecule has 3 rings (SSSR count). The smallest absolute Gasteiger partial charge is 0.254 e. The van der Waals surface area contributed by atoms with Crippen molar-refractivity contribution in [1.29, 1.82) is 0 Å². The van der Waals surface area contributed by atoms with Crippen LogP contribution in [0.3, 0.4) is 0 Å². The number of piperidine rings is 1. The maximum Gasteiger partial charge on any atom is 0.254 e. The predicted octanol–water partition coefficient (Wildman–Crippen LogP) is 3.93. The van der Waals surface area contributed by atoms with Crippen LogP contribution < -0.4 is 5.73 Å². The third-order valence-corrected chi connectivity index (χ3v) is 5.59. The van der Waals surface area contributed by atoms with Gasteiger partial charge in [0.05, 0.1) is 0 Å². The second-order valence-corrected chi connectivity index (χ2v) is 7.23. The molecule has 24 heavy (non-hydrogen) atoms. The summed E-state index contributed by atoms with van der Waals surface area (Å²) in [5.74, 6) is 1.03. The molecule has 4 heteroatoms. The zero-order chi connectivity index (χ0) is 16.8. The van der Waals surface area contributed by atoms with E-state index in [0.29, 0.717) is 6.54 Å². The van der Waals surface area contributed by atoms with Crippen LogP contribution in [0.4, 0.5) is 0 Å². The van der Waals surface area contributed by atoms with Gasteiger partial charge in [0.25, 0.3) is 5.91 Å². The molecule has 1 amide bonds. The van der Waals surface area contributed by atoms with Gasteiger partial charge in [-0.15, -0.1) is 11.8 Å². The van der Waals surface area contributed by atoms with Crippen molar-refractivity contribution >= 4 is 17.7 Å². The minimum absolute atomic E-state index is 0.118. The summed E-state index contributed by atoms with van der Waals surface area (Å²) in [6, 6.07) is 18.6. The van der Waals surface area contributed by atoms with Gasteiger partial charge in [-0.25, -0.2) is 0 Å². The molecule has 0 bridgehead atoms. The molecule has 2 aromatic carbocycles. The number of benzene rings is 2. The Morgan fingerprint density at radius 2 is 1.83 bits per heavy atom. The molecular formula is C20H24N2OS. The highest BCUT2D eigenvalue weighted by Gasteiger charge is 2.26. The summed E-state index contributed by atoms with van der Waals surface area (Å²) in [6.07, 6.45) is 3.27. The molecule has 3 nitrogen and oxygen atoms in total. The lowest BCUT2D eigenvalue weighted by atomic mass is 10.0. The van der Waals surface area contributed by atoms with Gasteiger partial charge >= 0.3 is 0 Å². The van der Waals surface area contributed by atoms with E-state index in [9.17, 15) is 4.79 Å². The summed E-state index contributed by atoms with van der Waals surface area (Å²) >= 11 is 1.81. The number of hydrogen-bond acceptors (Lipinski definition) is 3. The second kappa shape index (κ2) is 8.36. The van der Waals surface area contributed by atoms with Crippen LogP contribution in [0.25, 0.3) is 0 Å². The first kappa shape index (κ1) is 17.1. The summed E-state index contributed by atoms with van der Waals surface area (Å²) < 4.78 is 0. The van der Waals surface area contributed by atoms with Crippen molar-refractivity contribution in [1.82, 2.24) is 4.90 Å². The van der Waals surface area contributed by atoms with Gasteiger partial charge in [-0.1, -0.05) is 30.3 Å². The molecule has 0 aliphatic carbocycles. The van der Waals surface area contributed by atoms with Gasteiger partial charge in [0, 0.05) is 35.3 Å². The Hall–Kier alpha value is -1.78. The number of nitrogens with zero attached hydrogens (tertiary/aromatic N) is 1. The number of likely N-dealkylation sites (tertiary alicyclic amines) is 1. The van der Waals surface area contributed by atoms with E-state index >= 15 is 0 Å². The van der Waals surface area contributed by atoms with Crippen molar-refractivity contribution in [2.24, 2.45) is 5.73 Å². The molecule has 0 radical (unpaired) electrons. The third kappa shape index (κ3) is 4.19. The van der Waals surface area contributed by atoms with E-state index in [-0.39, 0.29) is 11.9 Å². The highest BCUT2D eigenvalue weighted by Crippen LogP contribution is 2.23. The first-order chi connectivity index (χ1) is 11.8. The Balaban J connectivity index is 1.62. The second-order valence-electron chi connectivity index (χ2n) is 6.18. The quantitative estimate of drug-likeness (QED) is 0.839. The van der Waals surface area contributed by atoms with E-state index in [2.05, 4.69) is 36.4 Å². The molecule has 1 aliphatic rings. The monoisotopic (exact) mass is 340 g/mol. The lowest BCUT2D eigenvalue weighted by Gasteiger charge is -2.35. The number of carbonyl (C=O) groups excluding carboxylic acids is 1. The fourth-order valence-electron chi connectivity index (χ4n) is 3.11. The van der Waals surface area contributed by atoms with E-state index in [0.717, 1.165) is 30.7 Å². The van der Waals surface area contributed by atoms with Crippen molar-refractivity contribution in [3.63, 3.8) is 0 Å². The van der Waals surface area contributed by atoms with Crippen LogP contribution in [0.1, 0.15) is 35.2 Å². The van der Waals surface area contributed by atoms with Crippen molar-refractivity contribution < 1.29 is 4.79 Å². The van der Waals surface area contributed by atoms with Crippen molar-refractivity contribution in [3.05, 3.63) is 65.7 Å². The molecule has 2 aromatic rings. The van der Waals surface area contributed by atoms with Crippen LogP contribution >= 0.6 is 11.8 Å². The summed E-state index contributed by atoms with van der Waals surface area (Å²) in [5, 5.41) is 0. The number of nitrogens with two attached hydrogens (primary N) is 1. The van der Waals surface area contributed by atoms with E-state index in [1.165, 1.54) is 16.9 Å². The topological polar surface area (TPSA) is 46.3 Å². The first-order valence-corrected chi connectivity index (χ1v) is 9.54. The van der Waals surface area contributed by atoms with E-state index in [1.807, 2.05) is 34.9 Å². The summed E-state index contributed by atoms with van der Waals surface area (Å²) in [6.45, 7) is 1.38. The minimum Gasteiger partial charge on any atom is -0.334 e. The Labute approximate surface area is 148 Å². The summed E-state index contributed by atoms with van der Waals surface area (Å²) in [7, 11) is 0. The maximum atomic E-state index is 12.7. The van der Waals surface area contributed by atoms with Gasteiger partial charge in [0.2, 0.25) is 0 Å². The highest BCUT2D eigenvalue weighted by atomic mass is 32.2. The largest absolute Gasteiger partial charge is 0.334 e. The van der Waals surface area contributed by atoms with Crippen LogP contribution in [-0.2, 0) is 5.75 Å². The molecule has 1 saturated heterocycles. The lowest BCUT2D eigenvalue weighted by molar-refractivity contribution is 0.0623. The van der Waals surface area contributed by atoms with Crippen molar-refractivity contribution in [3.8, 4) is 0 Å². The molecule has 126 valence electrons. The fourth-order valence-corrected chi connectivity index (χ4v) is 3.98. The Kier molecular flexibility index (Phi) is 5.94. The third-order valence-electron chi connectivity index (χ3n) is 4.51. The summed E-state index contributed by atoms with van der Waals surface area (Å²) in [4.78, 5) is 15.9. The molecule has 0 aromatic heterocycles. The van der Waals surface area contributed by atoms with Gasteiger partial charge in [-0.3, -0.25) is 4.79 Å². The Morgan fingerprint density at radius 1 is 1.08 bits per heavy atom. The zero-order valence-corrected chi connectivity index (χ0v) is 14.7. The average molecular weight is 340 g/mol. The molecule has 1 unspecified atom stereocenters. The zero-order valence-electron chi connectivity index (χ0n) is 13.9. The van der Waals surface area contributed by atoms with Gasteiger partial charge in [0.1, 0.15) is 0 Å². The fraction of sp³-hybridized carbons (Fsp3) is 0.350. The SMILES string of the molecule is NCC1CCCCN1C(=O)c1ccc(CSc2ccccc2)cc1. The Bertz CT molecular complexity index is 657. The summed E-state index contributed by atoms with van der Waals surface area (Å²) in [5.41, 5.74) is 7.83. The van der Waals surface area contributed by atoms with Gasteiger partial charge in [0.15, 0.2) is 0 Å². The molecular weight excluding hydrogens is 316 g/mol. The van der Waals surface area contributed by atoms with Crippen LogP contribution in [0.5, 0.6) is 0 Å². The number of carbonyl (C=O) groups is 1. The van der Waals surface area contributed by atoms with Crippen molar-refractivity contribution in [2.45, 2.75) is 36.0 Å².